The average molecular weight is 307 g/mol. The summed E-state index contributed by atoms with van der Waals surface area (Å²) < 4.78 is 4.49. The van der Waals surface area contributed by atoms with E-state index in [9.17, 15) is 9.59 Å². The second-order valence-electron chi connectivity index (χ2n) is 6.32. The van der Waals surface area contributed by atoms with Gasteiger partial charge >= 0.3 is 5.97 Å². The number of esters is 1. The summed E-state index contributed by atoms with van der Waals surface area (Å²) in [4.78, 5) is 23.5. The first-order valence-corrected chi connectivity index (χ1v) is 6.51. The molecule has 0 rings (SSSR count). The molecule has 0 aromatic carbocycles. The minimum atomic E-state index is -0.838. The van der Waals surface area contributed by atoms with Crippen molar-refractivity contribution in [3.05, 3.63) is 0 Å². The Hall–Kier alpha value is -0.380. The van der Waals surface area contributed by atoms with Crippen LogP contribution in [0.15, 0.2) is 0 Å². The largest absolute Gasteiger partial charge is 0.459 e. The van der Waals surface area contributed by atoms with Crippen LogP contribution in [0.3, 0.4) is 0 Å². The number of halogens is 1. The first kappa shape index (κ1) is 16.6. The van der Waals surface area contributed by atoms with Gasteiger partial charge in [-0.25, -0.2) is 0 Å². The fraction of sp³-hybridized carbons (Fsp3) is 0.846. The van der Waals surface area contributed by atoms with Crippen LogP contribution in [0.5, 0.6) is 0 Å². The first-order valence-electron chi connectivity index (χ1n) is 5.71. The van der Waals surface area contributed by atoms with E-state index >= 15 is 0 Å². The van der Waals surface area contributed by atoms with Gasteiger partial charge in [0.15, 0.2) is 0 Å². The lowest BCUT2D eigenvalue weighted by Gasteiger charge is -2.32. The number of ketones is 1. The van der Waals surface area contributed by atoms with Gasteiger partial charge in [0.25, 0.3) is 0 Å². The summed E-state index contributed by atoms with van der Waals surface area (Å²) in [6.45, 7) is 12.4. The van der Waals surface area contributed by atoms with Gasteiger partial charge in [-0.3, -0.25) is 9.59 Å². The monoisotopic (exact) mass is 306 g/mol. The van der Waals surface area contributed by atoms with Crippen LogP contribution in [-0.4, -0.2) is 21.7 Å². The summed E-state index contributed by atoms with van der Waals surface area (Å²) in [7, 11) is 0. The van der Waals surface area contributed by atoms with Crippen LogP contribution in [0.4, 0.5) is 0 Å². The van der Waals surface area contributed by atoms with E-state index in [2.05, 4.69) is 15.9 Å². The Morgan fingerprint density at radius 1 is 1.06 bits per heavy atom. The zero-order valence-corrected chi connectivity index (χ0v) is 13.4. The Balaban J connectivity index is 4.80. The molecule has 0 aliphatic rings. The van der Waals surface area contributed by atoms with Gasteiger partial charge in [-0.1, -0.05) is 29.8 Å². The van der Waals surface area contributed by atoms with Crippen molar-refractivity contribution in [1.82, 2.24) is 0 Å². The molecule has 0 N–H and O–H groups in total. The zero-order valence-electron chi connectivity index (χ0n) is 11.8. The lowest BCUT2D eigenvalue weighted by atomic mass is 9.80. The van der Waals surface area contributed by atoms with E-state index in [1.54, 1.807) is 6.92 Å². The van der Waals surface area contributed by atoms with Crippen molar-refractivity contribution < 1.29 is 14.3 Å². The molecule has 0 bridgehead atoms. The number of hydrogen-bond donors (Lipinski definition) is 0. The maximum absolute atomic E-state index is 12.0. The summed E-state index contributed by atoms with van der Waals surface area (Å²) in [6.07, 6.45) is 0.407. The normalized spacial score (nSPS) is 16.2. The molecule has 3 nitrogen and oxygen atoms in total. The van der Waals surface area contributed by atoms with Crippen molar-refractivity contribution >= 4 is 27.7 Å². The zero-order chi connectivity index (χ0) is 14.1. The van der Waals surface area contributed by atoms with E-state index < -0.39 is 15.3 Å². The molecule has 17 heavy (non-hydrogen) atoms. The van der Waals surface area contributed by atoms with Gasteiger partial charge in [-0.15, -0.1) is 0 Å². The highest BCUT2D eigenvalue weighted by molar-refractivity contribution is 9.10. The van der Waals surface area contributed by atoms with Crippen LogP contribution in [0.1, 0.15) is 54.9 Å². The molecule has 0 saturated carbocycles. The van der Waals surface area contributed by atoms with E-state index in [1.165, 1.54) is 6.92 Å². The maximum Gasteiger partial charge on any atom is 0.323 e. The molecule has 1 unspecified atom stereocenters. The molecule has 4 heteroatoms. The third-order valence-corrected chi connectivity index (χ3v) is 3.16. The van der Waals surface area contributed by atoms with Crippen LogP contribution < -0.4 is 0 Å². The number of rotatable bonds is 4. The van der Waals surface area contributed by atoms with Crippen molar-refractivity contribution in [1.29, 1.82) is 0 Å². The van der Waals surface area contributed by atoms with Crippen LogP contribution in [0.2, 0.25) is 0 Å². The van der Waals surface area contributed by atoms with Crippen molar-refractivity contribution in [2.24, 2.45) is 5.41 Å². The quantitative estimate of drug-likeness (QED) is 0.590. The van der Waals surface area contributed by atoms with Gasteiger partial charge in [0.2, 0.25) is 0 Å². The van der Waals surface area contributed by atoms with Crippen molar-refractivity contribution in [2.75, 3.05) is 0 Å². The molecular weight excluding hydrogens is 284 g/mol. The highest BCUT2D eigenvalue weighted by Gasteiger charge is 2.41. The SMILES string of the molecule is CC(=O)C(C)(C)CC(C)(Br)C(=O)OC(C)(C)C. The lowest BCUT2D eigenvalue weighted by Crippen LogP contribution is -2.41. The second-order valence-corrected chi connectivity index (χ2v) is 8.07. The predicted molar refractivity (Wildman–Crippen MR) is 72.3 cm³/mol. The van der Waals surface area contributed by atoms with Crippen molar-refractivity contribution in [2.45, 2.75) is 64.8 Å². The molecule has 0 radical (unpaired) electrons. The third-order valence-electron chi connectivity index (χ3n) is 2.55. The van der Waals surface area contributed by atoms with Gasteiger partial charge in [0, 0.05) is 5.41 Å². The number of hydrogen-bond acceptors (Lipinski definition) is 3. The van der Waals surface area contributed by atoms with Gasteiger partial charge in [0.05, 0.1) is 0 Å². The topological polar surface area (TPSA) is 43.4 Å². The minimum absolute atomic E-state index is 0.0618. The Bertz CT molecular complexity index is 311. The smallest absolute Gasteiger partial charge is 0.323 e. The summed E-state index contributed by atoms with van der Waals surface area (Å²) in [5.74, 6) is -0.272. The fourth-order valence-corrected chi connectivity index (χ4v) is 2.19. The lowest BCUT2D eigenvalue weighted by molar-refractivity contribution is -0.158. The number of carbonyl (C=O) groups is 2. The van der Waals surface area contributed by atoms with E-state index in [1.807, 2.05) is 34.6 Å². The van der Waals surface area contributed by atoms with Gasteiger partial charge in [0.1, 0.15) is 15.7 Å². The highest BCUT2D eigenvalue weighted by Crippen LogP contribution is 2.36. The van der Waals surface area contributed by atoms with E-state index in [0.29, 0.717) is 6.42 Å². The Labute approximate surface area is 112 Å². The van der Waals surface area contributed by atoms with Gasteiger partial charge in [-0.2, -0.15) is 0 Å². The summed E-state index contributed by atoms with van der Waals surface area (Å²) >= 11 is 3.38. The number of ether oxygens (including phenoxy) is 1. The van der Waals surface area contributed by atoms with Crippen molar-refractivity contribution in [3.8, 4) is 0 Å². The van der Waals surface area contributed by atoms with Crippen LogP contribution in [0.25, 0.3) is 0 Å². The number of Topliss-reactive ketones (excluding diaryl/α,β-unsaturated/α-hetero) is 1. The molecule has 0 aromatic heterocycles. The summed E-state index contributed by atoms with van der Waals surface area (Å²) in [5, 5.41) is 0. The summed E-state index contributed by atoms with van der Waals surface area (Å²) in [6, 6.07) is 0. The number of carbonyl (C=O) groups excluding carboxylic acids is 2. The first-order chi connectivity index (χ1) is 7.28. The predicted octanol–water partition coefficient (Wildman–Crippen LogP) is 3.49. The molecule has 0 heterocycles. The molecule has 0 aliphatic carbocycles. The highest BCUT2D eigenvalue weighted by atomic mass is 79.9. The Morgan fingerprint density at radius 2 is 1.47 bits per heavy atom. The molecule has 0 fully saturated rings. The Kier molecular flexibility index (Phi) is 4.97. The standard InChI is InChI=1S/C13H23BrO3/c1-9(15)12(5,6)8-13(7,14)10(16)17-11(2,3)4/h8H2,1-7H3. The van der Waals surface area contributed by atoms with E-state index in [4.69, 9.17) is 4.74 Å². The molecule has 0 saturated heterocycles. The molecule has 0 amide bonds. The van der Waals surface area contributed by atoms with Crippen LogP contribution in [-0.2, 0) is 14.3 Å². The minimum Gasteiger partial charge on any atom is -0.459 e. The van der Waals surface area contributed by atoms with Gasteiger partial charge in [-0.05, 0) is 41.0 Å². The molecule has 100 valence electrons. The summed E-state index contributed by atoms with van der Waals surface area (Å²) in [5.41, 5.74) is -1.07. The fourth-order valence-electron chi connectivity index (χ4n) is 1.41. The van der Waals surface area contributed by atoms with Gasteiger partial charge < -0.3 is 4.74 Å². The van der Waals surface area contributed by atoms with E-state index in [0.717, 1.165) is 0 Å². The molecule has 1 atom stereocenters. The molecule has 0 aromatic rings. The molecule has 0 spiro atoms. The van der Waals surface area contributed by atoms with Crippen LogP contribution in [0, 0.1) is 5.41 Å². The number of alkyl halides is 1. The molecular formula is C13H23BrO3. The average Bonchev–Trinajstić information content (AvgIpc) is 1.97. The van der Waals surface area contributed by atoms with Crippen LogP contribution >= 0.6 is 15.9 Å². The molecule has 0 aliphatic heterocycles. The second kappa shape index (κ2) is 5.09. The van der Waals surface area contributed by atoms with E-state index in [-0.39, 0.29) is 11.8 Å². The van der Waals surface area contributed by atoms with Crippen molar-refractivity contribution in [3.63, 3.8) is 0 Å². The Morgan fingerprint density at radius 3 is 1.76 bits per heavy atom. The maximum atomic E-state index is 12.0. The third kappa shape index (κ3) is 5.66.